The van der Waals surface area contributed by atoms with E-state index >= 15 is 0 Å². The van der Waals surface area contributed by atoms with E-state index in [9.17, 15) is 4.79 Å². The highest BCUT2D eigenvalue weighted by Gasteiger charge is 2.67. The Morgan fingerprint density at radius 3 is 2.41 bits per heavy atom. The van der Waals surface area contributed by atoms with Crippen LogP contribution in [-0.4, -0.2) is 31.1 Å². The van der Waals surface area contributed by atoms with Crippen LogP contribution in [0.1, 0.15) is 78.6 Å². The van der Waals surface area contributed by atoms with Crippen LogP contribution in [0.4, 0.5) is 0 Å². The van der Waals surface area contributed by atoms with Gasteiger partial charge in [-0.1, -0.05) is 13.8 Å². The molecule has 0 bridgehead atoms. The second kappa shape index (κ2) is 6.19. The Morgan fingerprint density at radius 1 is 0.926 bits per heavy atom. The van der Waals surface area contributed by atoms with Crippen LogP contribution in [0.3, 0.4) is 0 Å². The number of hydrogen-bond acceptors (Lipinski definition) is 4. The molecular formula is C23H36O4. The van der Waals surface area contributed by atoms with Gasteiger partial charge in [0.2, 0.25) is 0 Å². The lowest BCUT2D eigenvalue weighted by Gasteiger charge is -2.61. The summed E-state index contributed by atoms with van der Waals surface area (Å²) in [5.74, 6) is 2.71. The fraction of sp³-hybridized carbons (Fsp3) is 0.957. The summed E-state index contributed by atoms with van der Waals surface area (Å²) < 4.78 is 18.1. The number of esters is 1. The van der Waals surface area contributed by atoms with E-state index in [1.54, 1.807) is 6.92 Å². The van der Waals surface area contributed by atoms with Gasteiger partial charge in [-0.05, 0) is 80.5 Å². The largest absolute Gasteiger partial charge is 0.463 e. The lowest BCUT2D eigenvalue weighted by atomic mass is 9.45. The minimum Gasteiger partial charge on any atom is -0.463 e. The van der Waals surface area contributed by atoms with Crippen molar-refractivity contribution in [2.45, 2.75) is 90.4 Å². The van der Waals surface area contributed by atoms with Gasteiger partial charge in [-0.25, -0.2) is 0 Å². The van der Waals surface area contributed by atoms with Crippen molar-refractivity contribution in [2.75, 3.05) is 13.2 Å². The molecule has 0 unspecified atom stereocenters. The predicted molar refractivity (Wildman–Crippen MR) is 102 cm³/mol. The van der Waals surface area contributed by atoms with Crippen molar-refractivity contribution in [3.8, 4) is 0 Å². The van der Waals surface area contributed by atoms with E-state index in [4.69, 9.17) is 14.2 Å². The number of fused-ring (bicyclic) bond motifs is 6. The molecule has 4 saturated carbocycles. The summed E-state index contributed by atoms with van der Waals surface area (Å²) in [5, 5.41) is 0. The molecule has 0 aromatic carbocycles. The Hall–Kier alpha value is -0.610. The summed E-state index contributed by atoms with van der Waals surface area (Å²) in [7, 11) is 0. The van der Waals surface area contributed by atoms with E-state index in [1.165, 1.54) is 38.5 Å². The number of carbonyl (C=O) groups excluding carboxylic acids is 1. The Morgan fingerprint density at radius 2 is 1.67 bits per heavy atom. The third-order valence-corrected chi connectivity index (χ3v) is 9.75. The summed E-state index contributed by atoms with van der Waals surface area (Å²) in [6.45, 7) is 8.13. The smallest absolute Gasteiger partial charge is 0.302 e. The molecule has 4 heteroatoms. The van der Waals surface area contributed by atoms with Gasteiger partial charge in [0.15, 0.2) is 5.79 Å². The first kappa shape index (κ1) is 18.4. The summed E-state index contributed by atoms with van der Waals surface area (Å²) in [6, 6.07) is 0. The van der Waals surface area contributed by atoms with Crippen LogP contribution in [0, 0.1) is 34.5 Å². The Bertz CT molecular complexity index is 611. The van der Waals surface area contributed by atoms with Gasteiger partial charge in [0.1, 0.15) is 6.10 Å². The molecule has 1 heterocycles. The van der Waals surface area contributed by atoms with E-state index in [2.05, 4.69) is 13.8 Å². The van der Waals surface area contributed by atoms with E-state index in [0.29, 0.717) is 5.41 Å². The fourth-order valence-electron chi connectivity index (χ4n) is 8.45. The zero-order valence-corrected chi connectivity index (χ0v) is 17.3. The zero-order valence-electron chi connectivity index (χ0n) is 17.3. The summed E-state index contributed by atoms with van der Waals surface area (Å²) in [4.78, 5) is 11.4. The molecule has 0 aromatic rings. The highest BCUT2D eigenvalue weighted by atomic mass is 16.7. The molecule has 5 aliphatic rings. The molecule has 0 amide bonds. The van der Waals surface area contributed by atoms with Crippen LogP contribution >= 0.6 is 0 Å². The molecule has 5 fully saturated rings. The van der Waals surface area contributed by atoms with Gasteiger partial charge in [0.05, 0.1) is 13.2 Å². The average molecular weight is 377 g/mol. The van der Waals surface area contributed by atoms with Crippen molar-refractivity contribution in [2.24, 2.45) is 34.5 Å². The molecule has 7 atom stereocenters. The molecule has 1 saturated heterocycles. The van der Waals surface area contributed by atoms with Gasteiger partial charge in [-0.15, -0.1) is 0 Å². The fourth-order valence-corrected chi connectivity index (χ4v) is 8.45. The number of carbonyl (C=O) groups is 1. The predicted octanol–water partition coefficient (Wildman–Crippen LogP) is 4.70. The quantitative estimate of drug-likeness (QED) is 0.622. The van der Waals surface area contributed by atoms with Crippen LogP contribution in [0.25, 0.3) is 0 Å². The highest BCUT2D eigenvalue weighted by Crippen LogP contribution is 2.69. The second-order valence-electron chi connectivity index (χ2n) is 10.6. The van der Waals surface area contributed by atoms with Crippen LogP contribution in [-0.2, 0) is 19.0 Å². The topological polar surface area (TPSA) is 44.8 Å². The summed E-state index contributed by atoms with van der Waals surface area (Å²) >= 11 is 0. The van der Waals surface area contributed by atoms with Crippen LogP contribution in [0.2, 0.25) is 0 Å². The molecule has 1 spiro atoms. The first-order chi connectivity index (χ1) is 12.9. The Kier molecular flexibility index (Phi) is 4.22. The first-order valence-electron chi connectivity index (χ1n) is 11.3. The summed E-state index contributed by atoms with van der Waals surface area (Å²) in [5.41, 5.74) is 0.622. The van der Waals surface area contributed by atoms with Crippen LogP contribution in [0.5, 0.6) is 0 Å². The van der Waals surface area contributed by atoms with Crippen molar-refractivity contribution < 1.29 is 19.0 Å². The standard InChI is InChI=1S/C23H36O4/c1-15(24)27-17-6-9-21(2)16(14-17)4-5-18-19(21)7-10-22(3)20(18)8-11-23(22)25-12-13-26-23/h16-20H,4-14H2,1-3H3/t16-,17+,18-,19+,20-,21-,22-/m0/s1. The molecule has 5 rings (SSSR count). The van der Waals surface area contributed by atoms with Crippen molar-refractivity contribution in [3.63, 3.8) is 0 Å². The van der Waals surface area contributed by atoms with Crippen molar-refractivity contribution >= 4 is 5.97 Å². The molecule has 0 aromatic heterocycles. The third kappa shape index (κ3) is 2.51. The second-order valence-corrected chi connectivity index (χ2v) is 10.6. The molecule has 152 valence electrons. The lowest BCUT2D eigenvalue weighted by Crippen LogP contribution is -2.57. The molecule has 27 heavy (non-hydrogen) atoms. The monoisotopic (exact) mass is 376 g/mol. The number of ether oxygens (including phenoxy) is 3. The maximum Gasteiger partial charge on any atom is 0.302 e. The SMILES string of the molecule is CC(=O)O[C@@H]1CC[C@@]2(C)[C@@H](CC[C@H]3[C@H]2CC[C@@]2(C)[C@H]3CCC23OCCO3)C1. The maximum atomic E-state index is 11.4. The van der Waals surface area contributed by atoms with Crippen molar-refractivity contribution in [1.82, 2.24) is 0 Å². The van der Waals surface area contributed by atoms with E-state index < -0.39 is 0 Å². The molecule has 1 aliphatic heterocycles. The van der Waals surface area contributed by atoms with Crippen LogP contribution in [0.15, 0.2) is 0 Å². The minimum atomic E-state index is -0.284. The van der Waals surface area contributed by atoms with E-state index in [0.717, 1.165) is 56.1 Å². The molecule has 0 N–H and O–H groups in total. The van der Waals surface area contributed by atoms with Gasteiger partial charge in [-0.3, -0.25) is 4.79 Å². The Balaban J connectivity index is 1.37. The lowest BCUT2D eigenvalue weighted by molar-refractivity contribution is -0.248. The maximum absolute atomic E-state index is 11.4. The summed E-state index contributed by atoms with van der Waals surface area (Å²) in [6.07, 6.45) is 11.1. The average Bonchev–Trinajstić information content (AvgIpc) is 3.21. The highest BCUT2D eigenvalue weighted by molar-refractivity contribution is 5.66. The van der Waals surface area contributed by atoms with E-state index in [-0.39, 0.29) is 23.3 Å². The van der Waals surface area contributed by atoms with Gasteiger partial charge in [-0.2, -0.15) is 0 Å². The Labute approximate surface area is 163 Å². The molecule has 0 radical (unpaired) electrons. The van der Waals surface area contributed by atoms with Crippen molar-refractivity contribution in [1.29, 1.82) is 0 Å². The zero-order chi connectivity index (χ0) is 18.9. The molecule has 4 nitrogen and oxygen atoms in total. The van der Waals surface area contributed by atoms with Gasteiger partial charge in [0, 0.05) is 18.8 Å². The van der Waals surface area contributed by atoms with E-state index in [1.807, 2.05) is 0 Å². The van der Waals surface area contributed by atoms with Crippen LogP contribution < -0.4 is 0 Å². The molecule has 4 aliphatic carbocycles. The third-order valence-electron chi connectivity index (χ3n) is 9.75. The minimum absolute atomic E-state index is 0.112. The van der Waals surface area contributed by atoms with Gasteiger partial charge in [0.25, 0.3) is 0 Å². The number of rotatable bonds is 1. The number of hydrogen-bond donors (Lipinski definition) is 0. The first-order valence-corrected chi connectivity index (χ1v) is 11.3. The normalized spacial score (nSPS) is 50.7. The van der Waals surface area contributed by atoms with Crippen molar-refractivity contribution in [3.05, 3.63) is 0 Å². The van der Waals surface area contributed by atoms with Gasteiger partial charge < -0.3 is 14.2 Å². The molecular weight excluding hydrogens is 340 g/mol. The van der Waals surface area contributed by atoms with Gasteiger partial charge >= 0.3 is 5.97 Å².